The van der Waals surface area contributed by atoms with Crippen molar-refractivity contribution in [1.29, 1.82) is 0 Å². The van der Waals surface area contributed by atoms with Gasteiger partial charge in [-0.3, -0.25) is 0 Å². The summed E-state index contributed by atoms with van der Waals surface area (Å²) in [4.78, 5) is 2.27. The predicted octanol–water partition coefficient (Wildman–Crippen LogP) is 2.60. The van der Waals surface area contributed by atoms with Crippen LogP contribution in [0.15, 0.2) is 48.5 Å². The van der Waals surface area contributed by atoms with Crippen LogP contribution in [0, 0.1) is 0 Å². The van der Waals surface area contributed by atoms with Crippen LogP contribution in [-0.2, 0) is 6.42 Å². The van der Waals surface area contributed by atoms with Crippen LogP contribution in [0.25, 0.3) is 0 Å². The Morgan fingerprint density at radius 1 is 0.765 bits per heavy atom. The van der Waals surface area contributed by atoms with Crippen molar-refractivity contribution in [2.24, 2.45) is 0 Å². The number of hydrogen-bond donors (Lipinski definition) is 0. The smallest absolute Gasteiger partial charge is 0.0444 e. The van der Waals surface area contributed by atoms with E-state index in [1.54, 1.807) is 0 Å². The number of nitrogens with zero attached hydrogens (tertiary/aromatic N) is 1. The molecule has 1 aliphatic heterocycles. The van der Waals surface area contributed by atoms with Gasteiger partial charge >= 0.3 is 0 Å². The molecule has 0 aliphatic carbocycles. The van der Waals surface area contributed by atoms with E-state index in [4.69, 9.17) is 0 Å². The summed E-state index contributed by atoms with van der Waals surface area (Å²) in [6, 6.07) is 17.2. The minimum absolute atomic E-state index is 0. The molecular formula is C14H13NNa2. The first kappa shape index (κ1) is 15.3. The molecule has 1 nitrogen and oxygen atoms in total. The third-order valence-corrected chi connectivity index (χ3v) is 3.09. The number of rotatable bonds is 0. The zero-order chi connectivity index (χ0) is 10.3. The summed E-state index contributed by atoms with van der Waals surface area (Å²) in [6.07, 6.45) is 1.05. The van der Waals surface area contributed by atoms with Gasteiger partial charge in [-0.25, -0.2) is 0 Å². The van der Waals surface area contributed by atoms with Gasteiger partial charge in [0, 0.05) is 84.0 Å². The Bertz CT molecular complexity index is 466. The molecule has 17 heavy (non-hydrogen) atoms. The Kier molecular flexibility index (Phi) is 5.78. The van der Waals surface area contributed by atoms with Crippen LogP contribution in [0.3, 0.4) is 0 Å². The van der Waals surface area contributed by atoms with Gasteiger partial charge in [0.2, 0.25) is 0 Å². The van der Waals surface area contributed by atoms with Crippen molar-refractivity contribution in [1.82, 2.24) is 0 Å². The fourth-order valence-electron chi connectivity index (χ4n) is 2.31. The van der Waals surface area contributed by atoms with Crippen LogP contribution in [-0.4, -0.2) is 66.2 Å². The van der Waals surface area contributed by atoms with E-state index in [0.29, 0.717) is 0 Å². The maximum atomic E-state index is 2.27. The zero-order valence-electron chi connectivity index (χ0n) is 10.8. The molecule has 3 rings (SSSR count). The van der Waals surface area contributed by atoms with Crippen molar-refractivity contribution in [2.45, 2.75) is 6.42 Å². The monoisotopic (exact) mass is 241 g/mol. The van der Waals surface area contributed by atoms with Crippen LogP contribution in [0.5, 0.6) is 0 Å². The fourth-order valence-corrected chi connectivity index (χ4v) is 2.31. The summed E-state index contributed by atoms with van der Waals surface area (Å²) in [5, 5.41) is 0. The first-order valence-electron chi connectivity index (χ1n) is 5.26. The van der Waals surface area contributed by atoms with Gasteiger partial charge in [0.25, 0.3) is 0 Å². The van der Waals surface area contributed by atoms with E-state index < -0.39 is 0 Å². The molecule has 0 aromatic heterocycles. The third-order valence-electron chi connectivity index (χ3n) is 3.09. The quantitative estimate of drug-likeness (QED) is 0.641. The Morgan fingerprint density at radius 3 is 1.65 bits per heavy atom. The Morgan fingerprint density at radius 2 is 1.18 bits per heavy atom. The fraction of sp³-hybridized carbons (Fsp3) is 0.143. The normalized spacial score (nSPS) is 11.7. The molecule has 3 heteroatoms. The summed E-state index contributed by atoms with van der Waals surface area (Å²) < 4.78 is 0. The molecule has 1 aliphatic rings. The number of para-hydroxylation sites is 2. The van der Waals surface area contributed by atoms with Crippen molar-refractivity contribution in [2.75, 3.05) is 11.9 Å². The minimum atomic E-state index is 0. The Labute approximate surface area is 147 Å². The number of hydrogen-bond acceptors (Lipinski definition) is 1. The predicted molar refractivity (Wildman–Crippen MR) is 75.3 cm³/mol. The van der Waals surface area contributed by atoms with Gasteiger partial charge in [0.1, 0.15) is 0 Å². The molecule has 0 saturated heterocycles. The molecule has 0 spiro atoms. The summed E-state index contributed by atoms with van der Waals surface area (Å²) in [6.45, 7) is 0. The van der Waals surface area contributed by atoms with Gasteiger partial charge in [-0.15, -0.1) is 0 Å². The summed E-state index contributed by atoms with van der Waals surface area (Å²) in [5.74, 6) is 0. The molecule has 2 aromatic rings. The number of fused-ring (bicyclic) bond motifs is 2. The average Bonchev–Trinajstić information content (AvgIpc) is 2.30. The first-order valence-corrected chi connectivity index (χ1v) is 5.26. The molecule has 1 heterocycles. The maximum absolute atomic E-state index is 2.27. The van der Waals surface area contributed by atoms with E-state index in [0.717, 1.165) is 6.42 Å². The molecular weight excluding hydrogens is 228 g/mol. The van der Waals surface area contributed by atoms with Crippen LogP contribution in [0.2, 0.25) is 0 Å². The van der Waals surface area contributed by atoms with Crippen molar-refractivity contribution < 1.29 is 0 Å². The maximum Gasteiger partial charge on any atom is 0.0444 e. The second-order valence-electron chi connectivity index (χ2n) is 3.99. The molecule has 0 unspecified atom stereocenters. The second-order valence-corrected chi connectivity index (χ2v) is 3.99. The molecule has 0 bridgehead atoms. The Balaban J connectivity index is 0.000000722. The van der Waals surface area contributed by atoms with E-state index in [1.165, 1.54) is 22.5 Å². The van der Waals surface area contributed by atoms with Gasteiger partial charge in [0.15, 0.2) is 0 Å². The average molecular weight is 241 g/mol. The minimum Gasteiger partial charge on any atom is -0.344 e. The molecule has 0 amide bonds. The summed E-state index contributed by atoms with van der Waals surface area (Å²) in [5.41, 5.74) is 5.49. The molecule has 0 fully saturated rings. The summed E-state index contributed by atoms with van der Waals surface area (Å²) in [7, 11) is 2.14. The SMILES string of the molecule is CN1c2ccccc2Cc2ccccc21.[Na].[Na]. The van der Waals surface area contributed by atoms with Gasteiger partial charge in [-0.2, -0.15) is 0 Å². The van der Waals surface area contributed by atoms with E-state index >= 15 is 0 Å². The van der Waals surface area contributed by atoms with E-state index in [9.17, 15) is 0 Å². The van der Waals surface area contributed by atoms with Crippen molar-refractivity contribution in [3.63, 3.8) is 0 Å². The van der Waals surface area contributed by atoms with Gasteiger partial charge in [-0.1, -0.05) is 36.4 Å². The van der Waals surface area contributed by atoms with Crippen LogP contribution >= 0.6 is 0 Å². The molecule has 2 aromatic carbocycles. The van der Waals surface area contributed by atoms with Gasteiger partial charge < -0.3 is 4.90 Å². The molecule has 0 N–H and O–H groups in total. The van der Waals surface area contributed by atoms with Crippen molar-refractivity contribution >= 4 is 70.5 Å². The number of anilines is 2. The standard InChI is InChI=1S/C14H13N.2Na/c1-15-13-8-4-2-6-11(13)10-12-7-3-5-9-14(12)15;;/h2-9H,10H2,1H3;;. The summed E-state index contributed by atoms with van der Waals surface area (Å²) >= 11 is 0. The molecule has 76 valence electrons. The molecule has 0 atom stereocenters. The van der Waals surface area contributed by atoms with Crippen molar-refractivity contribution in [3.05, 3.63) is 59.7 Å². The Hall–Kier alpha value is 0.240. The van der Waals surface area contributed by atoms with Gasteiger partial charge in [-0.05, 0) is 23.3 Å². The van der Waals surface area contributed by atoms with Gasteiger partial charge in [0.05, 0.1) is 0 Å². The van der Waals surface area contributed by atoms with E-state index in [2.05, 4.69) is 60.5 Å². The van der Waals surface area contributed by atoms with Crippen LogP contribution in [0.1, 0.15) is 11.1 Å². The van der Waals surface area contributed by atoms with Crippen molar-refractivity contribution in [3.8, 4) is 0 Å². The molecule has 0 saturated carbocycles. The third kappa shape index (κ3) is 2.81. The molecule has 2 radical (unpaired) electrons. The first-order chi connectivity index (χ1) is 7.36. The topological polar surface area (TPSA) is 3.24 Å². The zero-order valence-corrected chi connectivity index (χ0v) is 14.8. The second kappa shape index (κ2) is 6.42. The van der Waals surface area contributed by atoms with E-state index in [-0.39, 0.29) is 59.1 Å². The van der Waals surface area contributed by atoms with E-state index in [1.807, 2.05) is 0 Å². The van der Waals surface area contributed by atoms with Crippen LogP contribution < -0.4 is 4.90 Å². The van der Waals surface area contributed by atoms with Crippen LogP contribution in [0.4, 0.5) is 11.4 Å². The largest absolute Gasteiger partial charge is 0.344 e. The number of benzene rings is 2.